The van der Waals surface area contributed by atoms with Gasteiger partial charge in [0.05, 0.1) is 29.2 Å². The molecule has 0 unspecified atom stereocenters. The number of rotatable bonds is 2. The normalized spacial score (nSPS) is 11.1. The van der Waals surface area contributed by atoms with Crippen LogP contribution in [0.5, 0.6) is 0 Å². The minimum atomic E-state index is 0.594. The highest BCUT2D eigenvalue weighted by Crippen LogP contribution is 2.21. The van der Waals surface area contributed by atoms with Crippen LogP contribution in [0.3, 0.4) is 0 Å². The van der Waals surface area contributed by atoms with E-state index in [0.29, 0.717) is 16.7 Å². The Morgan fingerprint density at radius 2 is 2.00 bits per heavy atom. The Kier molecular flexibility index (Phi) is 2.95. The molecule has 0 fully saturated rings. The van der Waals surface area contributed by atoms with Gasteiger partial charge in [0, 0.05) is 12.6 Å². The lowest BCUT2D eigenvalue weighted by molar-refractivity contribution is 0.662. The first-order valence-electron chi connectivity index (χ1n) is 4.86. The van der Waals surface area contributed by atoms with Gasteiger partial charge in [0.2, 0.25) is 0 Å². The molecule has 0 aliphatic rings. The molecule has 0 saturated carbocycles. The monoisotopic (exact) mass is 258 g/mol. The van der Waals surface area contributed by atoms with Gasteiger partial charge in [0.15, 0.2) is 0 Å². The Labute approximate surface area is 104 Å². The lowest BCUT2D eigenvalue weighted by atomic mass is 10.2. The molecule has 0 aliphatic heterocycles. The van der Waals surface area contributed by atoms with Crippen LogP contribution >= 0.6 is 23.2 Å². The summed E-state index contributed by atoms with van der Waals surface area (Å²) in [5, 5.41) is 9.75. The van der Waals surface area contributed by atoms with Crippen LogP contribution in [0.2, 0.25) is 10.2 Å². The van der Waals surface area contributed by atoms with Gasteiger partial charge in [-0.05, 0) is 13.8 Å². The van der Waals surface area contributed by atoms with E-state index in [1.807, 2.05) is 25.6 Å². The van der Waals surface area contributed by atoms with Crippen molar-refractivity contribution in [1.29, 1.82) is 0 Å². The van der Waals surface area contributed by atoms with Gasteiger partial charge in [-0.25, -0.2) is 0 Å². The molecule has 4 nitrogen and oxygen atoms in total. The molecule has 86 valence electrons. The lowest BCUT2D eigenvalue weighted by Gasteiger charge is -2.04. The van der Waals surface area contributed by atoms with Crippen LogP contribution in [0.25, 0.3) is 0 Å². The van der Waals surface area contributed by atoms with Crippen molar-refractivity contribution in [2.45, 2.75) is 20.4 Å². The second kappa shape index (κ2) is 4.11. The van der Waals surface area contributed by atoms with Crippen LogP contribution in [0.15, 0.2) is 6.20 Å². The van der Waals surface area contributed by atoms with Crippen molar-refractivity contribution in [3.05, 3.63) is 33.3 Å². The molecule has 0 saturated heterocycles. The molecular weight excluding hydrogens is 247 g/mol. The molecule has 0 aromatic carbocycles. The molecule has 0 bridgehead atoms. The SMILES string of the molecule is Cc1nn(C)c(Cl)c1Cn1ncc(Cl)c1C. The Hall–Kier alpha value is -1.000. The Bertz CT molecular complexity index is 527. The number of hydrogen-bond donors (Lipinski definition) is 0. The fourth-order valence-electron chi connectivity index (χ4n) is 1.59. The second-order valence-corrected chi connectivity index (χ2v) is 4.48. The van der Waals surface area contributed by atoms with Crippen molar-refractivity contribution in [3.8, 4) is 0 Å². The summed E-state index contributed by atoms with van der Waals surface area (Å²) in [6.45, 7) is 4.45. The molecule has 0 atom stereocenters. The van der Waals surface area contributed by atoms with Crippen LogP contribution in [-0.2, 0) is 13.6 Å². The summed E-state index contributed by atoms with van der Waals surface area (Å²) >= 11 is 12.1. The van der Waals surface area contributed by atoms with Gasteiger partial charge >= 0.3 is 0 Å². The molecule has 0 radical (unpaired) electrons. The van der Waals surface area contributed by atoms with Gasteiger partial charge in [-0.1, -0.05) is 23.2 Å². The van der Waals surface area contributed by atoms with Crippen LogP contribution in [0, 0.1) is 13.8 Å². The molecule has 0 aliphatic carbocycles. The number of nitrogens with zero attached hydrogens (tertiary/aromatic N) is 4. The summed E-state index contributed by atoms with van der Waals surface area (Å²) in [5.74, 6) is 0. The molecular formula is C10H12Cl2N4. The minimum absolute atomic E-state index is 0.594. The summed E-state index contributed by atoms with van der Waals surface area (Å²) in [5.41, 5.74) is 2.83. The van der Waals surface area contributed by atoms with E-state index in [2.05, 4.69) is 10.2 Å². The first-order valence-corrected chi connectivity index (χ1v) is 5.62. The number of halogens is 2. The van der Waals surface area contributed by atoms with Crippen molar-refractivity contribution < 1.29 is 0 Å². The van der Waals surface area contributed by atoms with Crippen LogP contribution in [0.1, 0.15) is 17.0 Å². The number of hydrogen-bond acceptors (Lipinski definition) is 2. The summed E-state index contributed by atoms with van der Waals surface area (Å²) in [6, 6.07) is 0. The van der Waals surface area contributed by atoms with Gasteiger partial charge in [-0.2, -0.15) is 10.2 Å². The molecule has 0 N–H and O–H groups in total. The van der Waals surface area contributed by atoms with Crippen LogP contribution < -0.4 is 0 Å². The Balaban J connectivity index is 2.37. The van der Waals surface area contributed by atoms with Gasteiger partial charge in [-0.3, -0.25) is 9.36 Å². The van der Waals surface area contributed by atoms with E-state index in [0.717, 1.165) is 17.0 Å². The van der Waals surface area contributed by atoms with E-state index in [1.54, 1.807) is 10.9 Å². The van der Waals surface area contributed by atoms with E-state index in [9.17, 15) is 0 Å². The van der Waals surface area contributed by atoms with Crippen molar-refractivity contribution in [3.63, 3.8) is 0 Å². The maximum atomic E-state index is 6.15. The Morgan fingerprint density at radius 3 is 2.44 bits per heavy atom. The molecule has 0 spiro atoms. The maximum Gasteiger partial charge on any atom is 0.132 e. The highest BCUT2D eigenvalue weighted by molar-refractivity contribution is 6.31. The number of aromatic nitrogens is 4. The highest BCUT2D eigenvalue weighted by Gasteiger charge is 2.13. The van der Waals surface area contributed by atoms with Gasteiger partial charge < -0.3 is 0 Å². The highest BCUT2D eigenvalue weighted by atomic mass is 35.5. The third kappa shape index (κ3) is 1.83. The fourth-order valence-corrected chi connectivity index (χ4v) is 1.96. The van der Waals surface area contributed by atoms with Crippen molar-refractivity contribution in [1.82, 2.24) is 19.6 Å². The van der Waals surface area contributed by atoms with E-state index in [-0.39, 0.29) is 0 Å². The summed E-state index contributed by atoms with van der Waals surface area (Å²) < 4.78 is 3.48. The van der Waals surface area contributed by atoms with Gasteiger partial charge in [0.1, 0.15) is 5.15 Å². The first kappa shape index (κ1) is 11.5. The molecule has 2 rings (SSSR count). The Morgan fingerprint density at radius 1 is 1.31 bits per heavy atom. The molecule has 2 aromatic rings. The summed E-state index contributed by atoms with van der Waals surface area (Å²) in [6.07, 6.45) is 1.64. The average molecular weight is 259 g/mol. The zero-order valence-corrected chi connectivity index (χ0v) is 10.8. The molecule has 2 heterocycles. The molecule has 2 aromatic heterocycles. The van der Waals surface area contributed by atoms with E-state index < -0.39 is 0 Å². The summed E-state index contributed by atoms with van der Waals surface area (Å²) in [4.78, 5) is 0. The van der Waals surface area contributed by atoms with E-state index >= 15 is 0 Å². The number of aryl methyl sites for hydroxylation is 2. The zero-order valence-electron chi connectivity index (χ0n) is 9.33. The topological polar surface area (TPSA) is 35.6 Å². The molecule has 0 amide bonds. The average Bonchev–Trinajstić information content (AvgIpc) is 2.66. The predicted octanol–water partition coefficient (Wildman–Crippen LogP) is 2.59. The summed E-state index contributed by atoms with van der Waals surface area (Å²) in [7, 11) is 1.82. The second-order valence-electron chi connectivity index (χ2n) is 3.71. The fraction of sp³-hybridized carbons (Fsp3) is 0.400. The van der Waals surface area contributed by atoms with Crippen molar-refractivity contribution in [2.75, 3.05) is 0 Å². The van der Waals surface area contributed by atoms with Crippen LogP contribution in [0.4, 0.5) is 0 Å². The van der Waals surface area contributed by atoms with Crippen molar-refractivity contribution >= 4 is 23.2 Å². The molecule has 16 heavy (non-hydrogen) atoms. The molecule has 6 heteroatoms. The predicted molar refractivity (Wildman–Crippen MR) is 64.0 cm³/mol. The minimum Gasteiger partial charge on any atom is -0.264 e. The van der Waals surface area contributed by atoms with Gasteiger partial charge in [0.25, 0.3) is 0 Å². The standard InChI is InChI=1S/C10H12Cl2N4/c1-6-8(10(12)15(3)14-6)5-16-7(2)9(11)4-13-16/h4H,5H2,1-3H3. The van der Waals surface area contributed by atoms with Crippen molar-refractivity contribution in [2.24, 2.45) is 7.05 Å². The first-order chi connectivity index (χ1) is 7.50. The smallest absolute Gasteiger partial charge is 0.132 e. The van der Waals surface area contributed by atoms with E-state index in [4.69, 9.17) is 23.2 Å². The largest absolute Gasteiger partial charge is 0.264 e. The maximum absolute atomic E-state index is 6.15. The zero-order chi connectivity index (χ0) is 11.9. The third-order valence-electron chi connectivity index (χ3n) is 2.62. The van der Waals surface area contributed by atoms with Crippen LogP contribution in [-0.4, -0.2) is 19.6 Å². The lowest BCUT2D eigenvalue weighted by Crippen LogP contribution is -2.04. The quantitative estimate of drug-likeness (QED) is 0.830. The third-order valence-corrected chi connectivity index (χ3v) is 3.46. The van der Waals surface area contributed by atoms with Gasteiger partial charge in [-0.15, -0.1) is 0 Å². The van der Waals surface area contributed by atoms with E-state index in [1.165, 1.54) is 0 Å².